The Morgan fingerprint density at radius 3 is 2.29 bits per heavy atom. The van der Waals surface area contributed by atoms with E-state index in [0.29, 0.717) is 33.8 Å². The Balaban J connectivity index is 1.80. The van der Waals surface area contributed by atoms with Crippen LogP contribution in [0.2, 0.25) is 0 Å². The molecule has 1 aromatic heterocycles. The van der Waals surface area contributed by atoms with Gasteiger partial charge in [0.2, 0.25) is 5.75 Å². The molecule has 0 amide bonds. The second-order valence-electron chi connectivity index (χ2n) is 7.30. The number of hydrogen-bond donors (Lipinski definition) is 0. The molecule has 0 atom stereocenters. The molecular formula is C26H23N3O6. The molecule has 0 saturated heterocycles. The summed E-state index contributed by atoms with van der Waals surface area (Å²) in [6.07, 6.45) is 1.50. The summed E-state index contributed by atoms with van der Waals surface area (Å²) in [5.41, 5.74) is 1.60. The summed E-state index contributed by atoms with van der Waals surface area (Å²) in [4.78, 5) is 29.5. The largest absolute Gasteiger partial charge is 0.493 e. The molecule has 1 heterocycles. The summed E-state index contributed by atoms with van der Waals surface area (Å²) < 4.78 is 22.2. The van der Waals surface area contributed by atoms with Crippen molar-refractivity contribution in [3.8, 4) is 28.6 Å². The minimum Gasteiger partial charge on any atom is -0.493 e. The Morgan fingerprint density at radius 1 is 0.971 bits per heavy atom. The van der Waals surface area contributed by atoms with Crippen LogP contribution in [-0.2, 0) is 9.53 Å². The van der Waals surface area contributed by atoms with Crippen molar-refractivity contribution in [2.75, 3.05) is 27.9 Å². The smallest absolute Gasteiger partial charge is 0.343 e. The summed E-state index contributed by atoms with van der Waals surface area (Å²) in [6.45, 7) is -0.310. The van der Waals surface area contributed by atoms with Crippen molar-refractivity contribution in [3.63, 3.8) is 0 Å². The van der Waals surface area contributed by atoms with Crippen LogP contribution in [0, 0.1) is 0 Å². The van der Waals surface area contributed by atoms with E-state index in [1.165, 1.54) is 32.2 Å². The van der Waals surface area contributed by atoms with Crippen LogP contribution in [0.15, 0.2) is 76.6 Å². The molecule has 0 radical (unpaired) electrons. The predicted molar refractivity (Wildman–Crippen MR) is 131 cm³/mol. The highest BCUT2D eigenvalue weighted by Crippen LogP contribution is 2.38. The number of nitrogens with zero attached hydrogens (tertiary/aromatic N) is 3. The maximum Gasteiger partial charge on any atom is 0.343 e. The predicted octanol–water partition coefficient (Wildman–Crippen LogP) is 3.51. The van der Waals surface area contributed by atoms with E-state index in [4.69, 9.17) is 14.2 Å². The molecule has 0 aliphatic carbocycles. The maximum absolute atomic E-state index is 13.3. The van der Waals surface area contributed by atoms with Gasteiger partial charge in [-0.05, 0) is 24.3 Å². The number of carbonyl (C=O) groups excluding carboxylic acids is 1. The molecule has 4 rings (SSSR count). The molecule has 3 aromatic carbocycles. The molecule has 0 spiro atoms. The van der Waals surface area contributed by atoms with Crippen LogP contribution < -0.4 is 19.8 Å². The van der Waals surface area contributed by atoms with E-state index in [-0.39, 0.29) is 17.9 Å². The SMILES string of the molecule is COC(=O)COc1c(OC)cc(C=Nn2c(-c3ccccc3)nc3ccccc3c2=O)cc1OC. The van der Waals surface area contributed by atoms with Gasteiger partial charge in [-0.3, -0.25) is 4.79 Å². The first-order chi connectivity index (χ1) is 17.0. The first-order valence-corrected chi connectivity index (χ1v) is 10.6. The van der Waals surface area contributed by atoms with Crippen molar-refractivity contribution in [1.82, 2.24) is 9.66 Å². The summed E-state index contributed by atoms with van der Waals surface area (Å²) >= 11 is 0. The van der Waals surface area contributed by atoms with Crippen molar-refractivity contribution in [3.05, 3.63) is 82.6 Å². The van der Waals surface area contributed by atoms with Gasteiger partial charge in [-0.25, -0.2) is 9.78 Å². The van der Waals surface area contributed by atoms with E-state index in [0.717, 1.165) is 5.56 Å². The van der Waals surface area contributed by atoms with Crippen molar-refractivity contribution >= 4 is 23.1 Å². The average molecular weight is 473 g/mol. The molecular weight excluding hydrogens is 450 g/mol. The molecule has 0 aliphatic rings. The number of esters is 1. The topological polar surface area (TPSA) is 101 Å². The number of aromatic nitrogens is 2. The zero-order chi connectivity index (χ0) is 24.8. The third kappa shape index (κ3) is 4.98. The minimum absolute atomic E-state index is 0.243. The van der Waals surface area contributed by atoms with Gasteiger partial charge >= 0.3 is 5.97 Å². The molecule has 0 saturated carbocycles. The first kappa shape index (κ1) is 23.5. The van der Waals surface area contributed by atoms with Crippen LogP contribution in [-0.4, -0.2) is 49.8 Å². The fourth-order valence-corrected chi connectivity index (χ4v) is 3.44. The highest BCUT2D eigenvalue weighted by molar-refractivity contribution is 5.84. The van der Waals surface area contributed by atoms with Gasteiger partial charge in [-0.15, -0.1) is 0 Å². The number of ether oxygens (including phenoxy) is 4. The molecule has 0 bridgehead atoms. The van der Waals surface area contributed by atoms with Crippen LogP contribution in [0.5, 0.6) is 17.2 Å². The number of benzene rings is 3. The lowest BCUT2D eigenvalue weighted by molar-refractivity contribution is -0.142. The minimum atomic E-state index is -0.545. The maximum atomic E-state index is 13.3. The van der Waals surface area contributed by atoms with Crippen LogP contribution in [0.1, 0.15) is 5.56 Å². The van der Waals surface area contributed by atoms with Crippen molar-refractivity contribution in [2.45, 2.75) is 0 Å². The molecule has 4 aromatic rings. The van der Waals surface area contributed by atoms with Gasteiger partial charge in [0.05, 0.1) is 38.4 Å². The third-order valence-electron chi connectivity index (χ3n) is 5.15. The number of methoxy groups -OCH3 is 3. The number of carbonyl (C=O) groups is 1. The van der Waals surface area contributed by atoms with Gasteiger partial charge in [-0.1, -0.05) is 42.5 Å². The fourth-order valence-electron chi connectivity index (χ4n) is 3.44. The van der Waals surface area contributed by atoms with Crippen LogP contribution in [0.25, 0.3) is 22.3 Å². The van der Waals surface area contributed by atoms with Crippen molar-refractivity contribution in [1.29, 1.82) is 0 Å². The van der Waals surface area contributed by atoms with Crippen LogP contribution in [0.3, 0.4) is 0 Å². The number of rotatable bonds is 8. The first-order valence-electron chi connectivity index (χ1n) is 10.6. The molecule has 9 heteroatoms. The van der Waals surface area contributed by atoms with Crippen LogP contribution >= 0.6 is 0 Å². The Hall–Kier alpha value is -4.66. The van der Waals surface area contributed by atoms with Crippen LogP contribution in [0.4, 0.5) is 0 Å². The molecule has 178 valence electrons. The molecule has 0 aliphatic heterocycles. The lowest BCUT2D eigenvalue weighted by Crippen LogP contribution is -2.20. The summed E-state index contributed by atoms with van der Waals surface area (Å²) in [7, 11) is 4.20. The Bertz CT molecular complexity index is 1420. The molecule has 0 unspecified atom stereocenters. The van der Waals surface area contributed by atoms with Gasteiger partial charge in [0, 0.05) is 11.1 Å². The second-order valence-corrected chi connectivity index (χ2v) is 7.30. The van der Waals surface area contributed by atoms with Gasteiger partial charge in [0.15, 0.2) is 23.9 Å². The van der Waals surface area contributed by atoms with Crippen molar-refractivity contribution < 1.29 is 23.7 Å². The molecule has 9 nitrogen and oxygen atoms in total. The lowest BCUT2D eigenvalue weighted by atomic mass is 10.2. The van der Waals surface area contributed by atoms with Crippen molar-refractivity contribution in [2.24, 2.45) is 5.10 Å². The lowest BCUT2D eigenvalue weighted by Gasteiger charge is -2.14. The summed E-state index contributed by atoms with van der Waals surface area (Å²) in [5, 5.41) is 4.91. The highest BCUT2D eigenvalue weighted by Gasteiger charge is 2.16. The molecule has 0 fully saturated rings. The number of para-hydroxylation sites is 1. The van der Waals surface area contributed by atoms with E-state index in [2.05, 4.69) is 14.8 Å². The van der Waals surface area contributed by atoms with Gasteiger partial charge in [-0.2, -0.15) is 9.78 Å². The summed E-state index contributed by atoms with van der Waals surface area (Å²) in [5.74, 6) is 0.745. The standard InChI is InChI=1S/C26H23N3O6/c1-32-21-13-17(14-22(33-2)24(21)35-16-23(30)34-3)15-27-29-25(18-9-5-4-6-10-18)28-20-12-8-7-11-19(20)26(29)31/h4-15H,16H2,1-3H3. The second kappa shape index (κ2) is 10.5. The number of fused-ring (bicyclic) bond motifs is 1. The summed E-state index contributed by atoms with van der Waals surface area (Å²) in [6, 6.07) is 19.8. The monoisotopic (exact) mass is 473 g/mol. The Kier molecular flexibility index (Phi) is 7.06. The average Bonchev–Trinajstić information content (AvgIpc) is 2.91. The van der Waals surface area contributed by atoms with Gasteiger partial charge in [0.25, 0.3) is 5.56 Å². The highest BCUT2D eigenvalue weighted by atomic mass is 16.6. The zero-order valence-corrected chi connectivity index (χ0v) is 19.4. The van der Waals surface area contributed by atoms with E-state index in [9.17, 15) is 9.59 Å². The van der Waals surface area contributed by atoms with Gasteiger partial charge < -0.3 is 18.9 Å². The van der Waals surface area contributed by atoms with E-state index in [1.807, 2.05) is 36.4 Å². The molecule has 0 N–H and O–H groups in total. The van der Waals surface area contributed by atoms with Gasteiger partial charge in [0.1, 0.15) is 0 Å². The Morgan fingerprint density at radius 2 is 1.63 bits per heavy atom. The Labute approximate surface area is 201 Å². The van der Waals surface area contributed by atoms with E-state index < -0.39 is 5.97 Å². The zero-order valence-electron chi connectivity index (χ0n) is 19.4. The number of hydrogen-bond acceptors (Lipinski definition) is 8. The van der Waals surface area contributed by atoms with E-state index in [1.54, 1.807) is 30.3 Å². The quantitative estimate of drug-likeness (QED) is 0.285. The fraction of sp³-hybridized carbons (Fsp3) is 0.154. The third-order valence-corrected chi connectivity index (χ3v) is 5.15. The van der Waals surface area contributed by atoms with E-state index >= 15 is 0 Å². The normalized spacial score (nSPS) is 10.9. The molecule has 35 heavy (non-hydrogen) atoms.